The lowest BCUT2D eigenvalue weighted by Gasteiger charge is -2.13. The Hall–Kier alpha value is -1.46. The summed E-state index contributed by atoms with van der Waals surface area (Å²) in [6.07, 6.45) is 0. The monoisotopic (exact) mass is 365 g/mol. The first kappa shape index (κ1) is 15.9. The zero-order valence-electron chi connectivity index (χ0n) is 11.8. The Morgan fingerprint density at radius 3 is 2.48 bits per heavy atom. The van der Waals surface area contributed by atoms with Crippen LogP contribution in [-0.4, -0.2) is 18.3 Å². The van der Waals surface area contributed by atoms with Gasteiger partial charge in [-0.1, -0.05) is 12.1 Å². The number of benzene rings is 2. The summed E-state index contributed by atoms with van der Waals surface area (Å²) < 4.78 is 6.09. The average molecular weight is 366 g/mol. The van der Waals surface area contributed by atoms with Gasteiger partial charge in [-0.05, 0) is 59.3 Å². The lowest BCUT2D eigenvalue weighted by molar-refractivity contribution is -0.115. The number of carbonyl (C=O) groups excluding carboxylic acids is 1. The third-order valence-electron chi connectivity index (χ3n) is 2.87. The van der Waals surface area contributed by atoms with E-state index < -0.39 is 0 Å². The van der Waals surface area contributed by atoms with E-state index in [1.54, 1.807) is 7.11 Å². The number of halogens is 1. The Kier molecular flexibility index (Phi) is 5.70. The first-order chi connectivity index (χ1) is 10.1. The van der Waals surface area contributed by atoms with E-state index in [1.807, 2.05) is 55.5 Å². The molecular weight excluding hydrogens is 350 g/mol. The topological polar surface area (TPSA) is 38.3 Å². The van der Waals surface area contributed by atoms with Crippen molar-refractivity contribution in [1.29, 1.82) is 0 Å². The van der Waals surface area contributed by atoms with Crippen molar-refractivity contribution in [2.75, 3.05) is 12.4 Å². The highest BCUT2D eigenvalue weighted by atomic mass is 79.9. The van der Waals surface area contributed by atoms with Crippen LogP contribution in [0.3, 0.4) is 0 Å². The van der Waals surface area contributed by atoms with Gasteiger partial charge in [0.2, 0.25) is 5.91 Å². The number of nitrogens with one attached hydrogen (secondary N) is 1. The number of amides is 1. The molecule has 2 aromatic carbocycles. The summed E-state index contributed by atoms with van der Waals surface area (Å²) in [6, 6.07) is 15.2. The highest BCUT2D eigenvalue weighted by Crippen LogP contribution is 2.30. The molecule has 1 amide bonds. The van der Waals surface area contributed by atoms with Gasteiger partial charge in [0.25, 0.3) is 0 Å². The predicted octanol–water partition coefficient (Wildman–Crippen LogP) is 4.58. The fraction of sp³-hybridized carbons (Fsp3) is 0.188. The number of hydrogen-bond donors (Lipinski definition) is 1. The third-order valence-corrected chi connectivity index (χ3v) is 5.00. The van der Waals surface area contributed by atoms with Gasteiger partial charge < -0.3 is 10.1 Å². The molecule has 0 aliphatic rings. The summed E-state index contributed by atoms with van der Waals surface area (Å²) in [5.74, 6) is 0.740. The number of hydrogen-bond acceptors (Lipinski definition) is 3. The number of anilines is 1. The van der Waals surface area contributed by atoms with Gasteiger partial charge in [0.15, 0.2) is 0 Å². The summed E-state index contributed by atoms with van der Waals surface area (Å²) in [6.45, 7) is 1.89. The minimum absolute atomic E-state index is 0.0269. The van der Waals surface area contributed by atoms with Crippen LogP contribution in [0.1, 0.15) is 6.92 Å². The molecule has 0 aliphatic heterocycles. The first-order valence-corrected chi connectivity index (χ1v) is 8.13. The lowest BCUT2D eigenvalue weighted by Crippen LogP contribution is -2.22. The molecule has 1 unspecified atom stereocenters. The molecule has 0 spiro atoms. The van der Waals surface area contributed by atoms with Crippen molar-refractivity contribution in [1.82, 2.24) is 0 Å². The fourth-order valence-corrected chi connectivity index (χ4v) is 3.15. The normalized spacial score (nSPS) is 11.8. The highest BCUT2D eigenvalue weighted by molar-refractivity contribution is 9.10. The van der Waals surface area contributed by atoms with Gasteiger partial charge in [-0.15, -0.1) is 11.8 Å². The highest BCUT2D eigenvalue weighted by Gasteiger charge is 2.15. The van der Waals surface area contributed by atoms with E-state index >= 15 is 0 Å². The van der Waals surface area contributed by atoms with Gasteiger partial charge in [0.05, 0.1) is 12.4 Å². The largest absolute Gasteiger partial charge is 0.497 e. The molecule has 110 valence electrons. The Balaban J connectivity index is 1.97. The van der Waals surface area contributed by atoms with Crippen LogP contribution in [0.5, 0.6) is 5.75 Å². The van der Waals surface area contributed by atoms with E-state index in [1.165, 1.54) is 11.8 Å². The zero-order valence-corrected chi connectivity index (χ0v) is 14.2. The quantitative estimate of drug-likeness (QED) is 0.788. The molecule has 1 atom stereocenters. The van der Waals surface area contributed by atoms with E-state index in [4.69, 9.17) is 4.74 Å². The third kappa shape index (κ3) is 4.51. The maximum atomic E-state index is 12.2. The van der Waals surface area contributed by atoms with Crippen LogP contribution >= 0.6 is 27.7 Å². The van der Waals surface area contributed by atoms with Crippen molar-refractivity contribution in [3.05, 3.63) is 53.0 Å². The Bertz CT molecular complexity index is 616. The van der Waals surface area contributed by atoms with Gasteiger partial charge >= 0.3 is 0 Å². The van der Waals surface area contributed by atoms with Crippen LogP contribution in [-0.2, 0) is 4.79 Å². The van der Waals surface area contributed by atoms with Crippen molar-refractivity contribution in [2.24, 2.45) is 0 Å². The second-order valence-corrected chi connectivity index (χ2v) is 6.65. The SMILES string of the molecule is COc1ccc(NC(=O)C(C)Sc2ccccc2Br)cc1. The first-order valence-electron chi connectivity index (χ1n) is 6.46. The molecule has 0 fully saturated rings. The number of carbonyl (C=O) groups is 1. The number of methoxy groups -OCH3 is 1. The van der Waals surface area contributed by atoms with Gasteiger partial charge in [0.1, 0.15) is 5.75 Å². The summed E-state index contributed by atoms with van der Waals surface area (Å²) in [5, 5.41) is 2.71. The summed E-state index contributed by atoms with van der Waals surface area (Å²) in [4.78, 5) is 13.3. The van der Waals surface area contributed by atoms with Crippen molar-refractivity contribution in [3.63, 3.8) is 0 Å². The van der Waals surface area contributed by atoms with E-state index in [0.29, 0.717) is 0 Å². The molecule has 0 bridgehead atoms. The van der Waals surface area contributed by atoms with Crippen LogP contribution in [0.4, 0.5) is 5.69 Å². The molecule has 0 radical (unpaired) electrons. The molecule has 5 heteroatoms. The molecule has 21 heavy (non-hydrogen) atoms. The number of ether oxygens (including phenoxy) is 1. The van der Waals surface area contributed by atoms with E-state index in [2.05, 4.69) is 21.2 Å². The Morgan fingerprint density at radius 2 is 1.86 bits per heavy atom. The molecule has 2 aromatic rings. The average Bonchev–Trinajstić information content (AvgIpc) is 2.50. The minimum atomic E-state index is -0.189. The number of thioether (sulfide) groups is 1. The maximum absolute atomic E-state index is 12.2. The minimum Gasteiger partial charge on any atom is -0.497 e. The van der Waals surface area contributed by atoms with E-state index in [0.717, 1.165) is 20.8 Å². The molecule has 1 N–H and O–H groups in total. The summed E-state index contributed by atoms with van der Waals surface area (Å²) in [5.41, 5.74) is 0.764. The van der Waals surface area contributed by atoms with Gasteiger partial charge in [-0.3, -0.25) is 4.79 Å². The molecule has 0 saturated carbocycles. The van der Waals surface area contributed by atoms with Gasteiger partial charge in [-0.2, -0.15) is 0 Å². The maximum Gasteiger partial charge on any atom is 0.237 e. The van der Waals surface area contributed by atoms with Crippen molar-refractivity contribution in [2.45, 2.75) is 17.1 Å². The van der Waals surface area contributed by atoms with Crippen molar-refractivity contribution in [3.8, 4) is 5.75 Å². The van der Waals surface area contributed by atoms with E-state index in [-0.39, 0.29) is 11.2 Å². The summed E-state index contributed by atoms with van der Waals surface area (Å²) in [7, 11) is 1.62. The van der Waals surface area contributed by atoms with Crippen LogP contribution in [0.15, 0.2) is 57.9 Å². The van der Waals surface area contributed by atoms with Crippen LogP contribution in [0.25, 0.3) is 0 Å². The van der Waals surface area contributed by atoms with E-state index in [9.17, 15) is 4.79 Å². The molecule has 0 aliphatic carbocycles. The molecular formula is C16H16BrNO2S. The Labute approximate surface area is 137 Å². The second-order valence-electron chi connectivity index (χ2n) is 4.41. The van der Waals surface area contributed by atoms with Crippen LogP contribution in [0.2, 0.25) is 0 Å². The standard InChI is InChI=1S/C16H16BrNO2S/c1-11(21-15-6-4-3-5-14(15)17)16(19)18-12-7-9-13(20-2)10-8-12/h3-11H,1-2H3,(H,18,19). The molecule has 3 nitrogen and oxygen atoms in total. The molecule has 0 saturated heterocycles. The molecule has 0 aromatic heterocycles. The predicted molar refractivity (Wildman–Crippen MR) is 91.1 cm³/mol. The number of rotatable bonds is 5. The van der Waals surface area contributed by atoms with Crippen molar-refractivity contribution >= 4 is 39.3 Å². The fourth-order valence-electron chi connectivity index (χ4n) is 1.70. The second kappa shape index (κ2) is 7.52. The van der Waals surface area contributed by atoms with Gasteiger partial charge in [-0.25, -0.2) is 0 Å². The smallest absolute Gasteiger partial charge is 0.237 e. The molecule has 0 heterocycles. The summed E-state index contributed by atoms with van der Waals surface area (Å²) >= 11 is 5.01. The van der Waals surface area contributed by atoms with Crippen LogP contribution < -0.4 is 10.1 Å². The van der Waals surface area contributed by atoms with Gasteiger partial charge in [0, 0.05) is 15.1 Å². The Morgan fingerprint density at radius 1 is 1.19 bits per heavy atom. The van der Waals surface area contributed by atoms with Crippen molar-refractivity contribution < 1.29 is 9.53 Å². The molecule has 2 rings (SSSR count). The van der Waals surface area contributed by atoms with Crippen LogP contribution in [0, 0.1) is 0 Å². The zero-order chi connectivity index (χ0) is 15.2. The lowest BCUT2D eigenvalue weighted by atomic mass is 10.3.